The summed E-state index contributed by atoms with van der Waals surface area (Å²) < 4.78 is 0. The third-order valence-electron chi connectivity index (χ3n) is 15.4. The lowest BCUT2D eigenvalue weighted by atomic mass is 9.24. The van der Waals surface area contributed by atoms with Gasteiger partial charge < -0.3 is 9.80 Å². The monoisotopic (exact) mass is 724 g/mol. The molecule has 0 spiro atoms. The van der Waals surface area contributed by atoms with Crippen LogP contribution in [-0.2, 0) is 10.8 Å². The maximum Gasteiger partial charge on any atom is 0.196 e. The molecule has 0 amide bonds. The molecule has 8 unspecified atom stereocenters. The zero-order chi connectivity index (χ0) is 37.9. The Morgan fingerprint density at radius 2 is 1.47 bits per heavy atom. The molecule has 0 saturated heterocycles. The molecule has 0 saturated carbocycles. The molecule has 8 atom stereocenters. The lowest BCUT2D eigenvalue weighted by Crippen LogP contribution is -2.65. The van der Waals surface area contributed by atoms with E-state index in [4.69, 9.17) is 0 Å². The molecule has 8 aliphatic rings. The SMILES string of the molecule is CC(C)(C)C1=CC2B3c4c(cc(C(C)(C5=CCCC=C5)C5C=CC=CC5)cc4N(C4C=CC=CC4)C4CC=CCC34)N3c4ccc(C(C)(C)C)cc4C(C1)C23. The predicted molar refractivity (Wildman–Crippen MR) is 237 cm³/mol. The van der Waals surface area contributed by atoms with Crippen LogP contribution in [0.1, 0.15) is 116 Å². The zero-order valence-electron chi connectivity index (χ0n) is 34.4. The van der Waals surface area contributed by atoms with Crippen LogP contribution in [0.25, 0.3) is 0 Å². The topological polar surface area (TPSA) is 6.48 Å². The fraction of sp³-hybridized carbons (Fsp3) is 0.462. The average Bonchev–Trinajstić information content (AvgIpc) is 3.53. The molecule has 0 bridgehead atoms. The summed E-state index contributed by atoms with van der Waals surface area (Å²) in [6.07, 6.45) is 42.2. The summed E-state index contributed by atoms with van der Waals surface area (Å²) in [5.41, 5.74) is 13.9. The molecule has 0 fully saturated rings. The van der Waals surface area contributed by atoms with Gasteiger partial charge in [-0.1, -0.05) is 151 Å². The van der Waals surface area contributed by atoms with E-state index in [0.29, 0.717) is 48.3 Å². The van der Waals surface area contributed by atoms with E-state index in [9.17, 15) is 0 Å². The highest BCUT2D eigenvalue weighted by atomic mass is 15.2. The van der Waals surface area contributed by atoms with Crippen molar-refractivity contribution in [3.63, 3.8) is 0 Å². The summed E-state index contributed by atoms with van der Waals surface area (Å²) in [5.74, 6) is 1.94. The van der Waals surface area contributed by atoms with E-state index >= 15 is 0 Å². The van der Waals surface area contributed by atoms with Crippen molar-refractivity contribution in [2.45, 2.75) is 140 Å². The first-order valence-corrected chi connectivity index (χ1v) is 21.7. The van der Waals surface area contributed by atoms with Crippen LogP contribution < -0.4 is 15.3 Å². The highest BCUT2D eigenvalue weighted by Gasteiger charge is 2.60. The minimum Gasteiger partial charge on any atom is -0.362 e. The Labute approximate surface area is 332 Å². The van der Waals surface area contributed by atoms with Gasteiger partial charge in [-0.15, -0.1) is 0 Å². The Bertz CT molecular complexity index is 2160. The molecule has 2 nitrogen and oxygen atoms in total. The summed E-state index contributed by atoms with van der Waals surface area (Å²) in [7, 11) is 0. The van der Waals surface area contributed by atoms with E-state index in [1.165, 1.54) is 40.2 Å². The summed E-state index contributed by atoms with van der Waals surface area (Å²) in [6, 6.07) is 14.4. The van der Waals surface area contributed by atoms with E-state index in [1.807, 2.05) is 0 Å². The molecule has 0 N–H and O–H groups in total. The zero-order valence-corrected chi connectivity index (χ0v) is 34.4. The standard InChI is InChI=1S/C52H61BN2/c1-50(2,3)36-27-28-44-40(29-36)41-30-37(51(4,5)6)31-43-49(41)55(44)47-33-38(52(7,34-19-11-8-12-20-34)35-21-13-9-14-22-35)32-46-48(47)53(43)42-25-17-18-26-45(42)54(46)39-23-15-10-16-24-39/h8,10-13,15-19,21-23,27-29,31-34,39,41-43,45,49H,9,14,20,24-26,30H2,1-7H3. The lowest BCUT2D eigenvalue weighted by molar-refractivity contribution is 0.408. The van der Waals surface area contributed by atoms with Crippen molar-refractivity contribution in [2.75, 3.05) is 9.80 Å². The minimum absolute atomic E-state index is 0.105. The summed E-state index contributed by atoms with van der Waals surface area (Å²) in [6.45, 7) is 17.6. The van der Waals surface area contributed by atoms with E-state index in [-0.39, 0.29) is 16.2 Å². The van der Waals surface area contributed by atoms with Gasteiger partial charge >= 0.3 is 0 Å². The van der Waals surface area contributed by atoms with Gasteiger partial charge in [0.1, 0.15) is 0 Å². The number of benzene rings is 2. The van der Waals surface area contributed by atoms with E-state index in [2.05, 4.69) is 174 Å². The molecule has 10 rings (SSSR count). The van der Waals surface area contributed by atoms with Gasteiger partial charge in [0.25, 0.3) is 0 Å². The molecule has 2 aromatic carbocycles. The summed E-state index contributed by atoms with van der Waals surface area (Å²) >= 11 is 0. The van der Waals surface area contributed by atoms with Crippen LogP contribution in [-0.4, -0.2) is 24.8 Å². The minimum atomic E-state index is -0.155. The smallest absolute Gasteiger partial charge is 0.196 e. The van der Waals surface area contributed by atoms with Crippen molar-refractivity contribution in [1.29, 1.82) is 0 Å². The normalized spacial score (nSPS) is 31.0. The van der Waals surface area contributed by atoms with Gasteiger partial charge in [-0.25, -0.2) is 0 Å². The Kier molecular flexibility index (Phi) is 8.23. The van der Waals surface area contributed by atoms with E-state index < -0.39 is 0 Å². The molecular formula is C52H61BN2. The van der Waals surface area contributed by atoms with Crippen LogP contribution in [0.15, 0.2) is 127 Å². The highest BCUT2D eigenvalue weighted by Crippen LogP contribution is 2.63. The number of rotatable bonds is 4. The number of hydrogen-bond acceptors (Lipinski definition) is 2. The van der Waals surface area contributed by atoms with Crippen molar-refractivity contribution in [2.24, 2.45) is 11.3 Å². The Balaban J connectivity index is 1.29. The van der Waals surface area contributed by atoms with E-state index in [0.717, 1.165) is 38.5 Å². The average molecular weight is 725 g/mol. The summed E-state index contributed by atoms with van der Waals surface area (Å²) in [5, 5.41) is 0. The van der Waals surface area contributed by atoms with Gasteiger partial charge in [0.15, 0.2) is 6.71 Å². The summed E-state index contributed by atoms with van der Waals surface area (Å²) in [4.78, 5) is 5.87. The van der Waals surface area contributed by atoms with Crippen molar-refractivity contribution in [1.82, 2.24) is 0 Å². The second-order valence-electron chi connectivity index (χ2n) is 20.4. The second kappa shape index (κ2) is 12.8. The molecule has 0 aromatic heterocycles. The molecule has 3 aliphatic heterocycles. The molecule has 3 heterocycles. The number of allylic oxidation sites excluding steroid dienone is 12. The molecule has 3 heteroatoms. The van der Waals surface area contributed by atoms with E-state index in [1.54, 1.807) is 16.6 Å². The number of anilines is 3. The number of nitrogens with zero attached hydrogens (tertiary/aromatic N) is 2. The first-order valence-electron chi connectivity index (χ1n) is 21.7. The lowest BCUT2D eigenvalue weighted by Gasteiger charge is -2.58. The Hall–Kier alpha value is -3.98. The van der Waals surface area contributed by atoms with Gasteiger partial charge in [-0.3, -0.25) is 0 Å². The van der Waals surface area contributed by atoms with Gasteiger partial charge in [-0.05, 0) is 119 Å². The third kappa shape index (κ3) is 5.41. The maximum absolute atomic E-state index is 2.95. The van der Waals surface area contributed by atoms with Crippen molar-refractivity contribution >= 4 is 29.2 Å². The molecule has 0 radical (unpaired) electrons. The molecular weight excluding hydrogens is 663 g/mol. The number of hydrogen-bond donors (Lipinski definition) is 0. The highest BCUT2D eigenvalue weighted by molar-refractivity contribution is 6.80. The fourth-order valence-corrected chi connectivity index (χ4v) is 12.4. The molecule has 2 aromatic rings. The van der Waals surface area contributed by atoms with Crippen LogP contribution in [0.5, 0.6) is 0 Å². The quantitative estimate of drug-likeness (QED) is 0.229. The maximum atomic E-state index is 2.95. The van der Waals surface area contributed by atoms with Crippen LogP contribution in [0.4, 0.5) is 17.1 Å². The number of fused-ring (bicyclic) bond motifs is 7. The fourth-order valence-electron chi connectivity index (χ4n) is 12.4. The predicted octanol–water partition coefficient (Wildman–Crippen LogP) is 12.5. The van der Waals surface area contributed by atoms with Gasteiger partial charge in [0.2, 0.25) is 0 Å². The molecule has 282 valence electrons. The van der Waals surface area contributed by atoms with Crippen LogP contribution in [0.3, 0.4) is 0 Å². The molecule has 5 aliphatic carbocycles. The van der Waals surface area contributed by atoms with Crippen LogP contribution in [0, 0.1) is 11.3 Å². The van der Waals surface area contributed by atoms with Gasteiger partial charge in [0, 0.05) is 40.5 Å². The largest absolute Gasteiger partial charge is 0.362 e. The van der Waals surface area contributed by atoms with Crippen molar-refractivity contribution in [3.05, 3.63) is 143 Å². The van der Waals surface area contributed by atoms with Crippen LogP contribution in [0.2, 0.25) is 11.6 Å². The first-order chi connectivity index (χ1) is 26.4. The Morgan fingerprint density at radius 1 is 0.691 bits per heavy atom. The molecule has 55 heavy (non-hydrogen) atoms. The third-order valence-corrected chi connectivity index (χ3v) is 15.4. The van der Waals surface area contributed by atoms with Gasteiger partial charge in [-0.2, -0.15) is 0 Å². The Morgan fingerprint density at radius 3 is 2.18 bits per heavy atom. The second-order valence-corrected chi connectivity index (χ2v) is 20.4. The van der Waals surface area contributed by atoms with Crippen LogP contribution >= 0.6 is 0 Å². The van der Waals surface area contributed by atoms with Crippen molar-refractivity contribution in [3.8, 4) is 0 Å². The first kappa shape index (κ1) is 35.4. The van der Waals surface area contributed by atoms with Crippen molar-refractivity contribution < 1.29 is 0 Å². The van der Waals surface area contributed by atoms with Gasteiger partial charge in [0.05, 0.1) is 6.04 Å².